The Morgan fingerprint density at radius 2 is 2.05 bits per heavy atom. The van der Waals surface area contributed by atoms with Crippen molar-refractivity contribution < 1.29 is 5.11 Å². The number of anilines is 1. The lowest BCUT2D eigenvalue weighted by atomic mass is 10.2. The molecule has 20 heavy (non-hydrogen) atoms. The van der Waals surface area contributed by atoms with Crippen LogP contribution in [0.2, 0.25) is 0 Å². The molecule has 0 saturated heterocycles. The fourth-order valence-corrected chi connectivity index (χ4v) is 2.02. The summed E-state index contributed by atoms with van der Waals surface area (Å²) in [6, 6.07) is 11.4. The van der Waals surface area contributed by atoms with Crippen LogP contribution in [0.1, 0.15) is 18.3 Å². The van der Waals surface area contributed by atoms with E-state index in [1.54, 1.807) is 0 Å². The number of aliphatic hydroxyl groups is 1. The molecule has 0 aliphatic heterocycles. The molecule has 5 nitrogen and oxygen atoms in total. The van der Waals surface area contributed by atoms with Gasteiger partial charge in [0.05, 0.1) is 6.61 Å². The fourth-order valence-electron chi connectivity index (χ4n) is 2.02. The van der Waals surface area contributed by atoms with E-state index < -0.39 is 0 Å². The Kier molecular flexibility index (Phi) is 4.90. The van der Waals surface area contributed by atoms with E-state index >= 15 is 0 Å². The number of nitrogens with zero attached hydrogens (tertiary/aromatic N) is 2. The summed E-state index contributed by atoms with van der Waals surface area (Å²) >= 11 is 0. The second-order valence-corrected chi connectivity index (χ2v) is 4.53. The minimum atomic E-state index is -0.164. The Morgan fingerprint density at radius 1 is 1.30 bits per heavy atom. The van der Waals surface area contributed by atoms with Gasteiger partial charge < -0.3 is 15.0 Å². The molecule has 0 radical (unpaired) electrons. The number of hydrogen-bond donors (Lipinski definition) is 2. The van der Waals surface area contributed by atoms with Crippen LogP contribution >= 0.6 is 0 Å². The van der Waals surface area contributed by atoms with Crippen molar-refractivity contribution in [3.8, 4) is 0 Å². The van der Waals surface area contributed by atoms with Gasteiger partial charge in [0.1, 0.15) is 11.6 Å². The Hall–Kier alpha value is -2.14. The van der Waals surface area contributed by atoms with Crippen LogP contribution in [0.4, 0.5) is 5.82 Å². The Labute approximate surface area is 117 Å². The van der Waals surface area contributed by atoms with Gasteiger partial charge in [-0.05, 0) is 5.56 Å². The maximum atomic E-state index is 11.6. The topological polar surface area (TPSA) is 69.2 Å². The van der Waals surface area contributed by atoms with Gasteiger partial charge in [0, 0.05) is 25.6 Å². The van der Waals surface area contributed by atoms with E-state index in [4.69, 9.17) is 0 Å². The molecule has 0 saturated carbocycles. The summed E-state index contributed by atoms with van der Waals surface area (Å²) in [5.74, 6) is 1.26. The molecule has 2 rings (SSSR count). The van der Waals surface area contributed by atoms with Crippen LogP contribution < -0.4 is 10.5 Å². The summed E-state index contributed by atoms with van der Waals surface area (Å²) in [6.07, 6.45) is 0.668. The van der Waals surface area contributed by atoms with Crippen molar-refractivity contribution in [1.82, 2.24) is 9.97 Å². The third kappa shape index (κ3) is 3.68. The predicted molar refractivity (Wildman–Crippen MR) is 78.8 cm³/mol. The maximum Gasteiger partial charge on any atom is 0.252 e. The van der Waals surface area contributed by atoms with Crippen LogP contribution in [-0.4, -0.2) is 28.2 Å². The van der Waals surface area contributed by atoms with E-state index in [9.17, 15) is 9.90 Å². The van der Waals surface area contributed by atoms with Crippen LogP contribution in [0.5, 0.6) is 0 Å². The van der Waals surface area contributed by atoms with E-state index in [1.165, 1.54) is 6.07 Å². The first kappa shape index (κ1) is 14.3. The summed E-state index contributed by atoms with van der Waals surface area (Å²) in [5, 5.41) is 9.22. The average Bonchev–Trinajstić information content (AvgIpc) is 2.47. The molecule has 1 heterocycles. The summed E-state index contributed by atoms with van der Waals surface area (Å²) < 4.78 is 0. The molecule has 1 aromatic heterocycles. The molecule has 0 atom stereocenters. The number of H-pyrrole nitrogens is 1. The van der Waals surface area contributed by atoms with Gasteiger partial charge in [-0.25, -0.2) is 4.98 Å². The van der Waals surface area contributed by atoms with Crippen molar-refractivity contribution in [3.05, 3.63) is 58.1 Å². The summed E-state index contributed by atoms with van der Waals surface area (Å²) in [5.41, 5.74) is 0.948. The summed E-state index contributed by atoms with van der Waals surface area (Å²) in [4.78, 5) is 20.7. The lowest BCUT2D eigenvalue weighted by Crippen LogP contribution is -2.29. The van der Waals surface area contributed by atoms with Crippen LogP contribution in [0, 0.1) is 0 Å². The molecule has 0 bridgehead atoms. The van der Waals surface area contributed by atoms with Crippen molar-refractivity contribution in [3.63, 3.8) is 0 Å². The number of nitrogens with one attached hydrogen (secondary N) is 1. The minimum absolute atomic E-state index is 0.0166. The highest BCUT2D eigenvalue weighted by Gasteiger charge is 2.10. The van der Waals surface area contributed by atoms with Crippen LogP contribution in [0.15, 0.2) is 41.2 Å². The second kappa shape index (κ2) is 6.86. The third-order valence-electron chi connectivity index (χ3n) is 3.02. The molecular weight excluding hydrogens is 254 g/mol. The zero-order valence-corrected chi connectivity index (χ0v) is 11.5. The van der Waals surface area contributed by atoms with Gasteiger partial charge in [-0.15, -0.1) is 0 Å². The fraction of sp³-hybridized carbons (Fsp3) is 0.333. The zero-order chi connectivity index (χ0) is 14.4. The molecule has 0 spiro atoms. The number of aryl methyl sites for hydroxylation is 1. The second-order valence-electron chi connectivity index (χ2n) is 4.53. The molecule has 5 heteroatoms. The largest absolute Gasteiger partial charge is 0.395 e. The van der Waals surface area contributed by atoms with Crippen molar-refractivity contribution in [1.29, 1.82) is 0 Å². The Morgan fingerprint density at radius 3 is 2.70 bits per heavy atom. The van der Waals surface area contributed by atoms with Crippen molar-refractivity contribution >= 4 is 5.82 Å². The van der Waals surface area contributed by atoms with Crippen molar-refractivity contribution in [2.24, 2.45) is 0 Å². The molecule has 0 fully saturated rings. The van der Waals surface area contributed by atoms with E-state index in [1.807, 2.05) is 42.2 Å². The molecule has 0 aliphatic carbocycles. The Bertz CT molecular complexity index is 596. The Balaban J connectivity index is 2.28. The van der Waals surface area contributed by atoms with Crippen LogP contribution in [0.3, 0.4) is 0 Å². The van der Waals surface area contributed by atoms with E-state index in [0.29, 0.717) is 31.2 Å². The highest BCUT2D eigenvalue weighted by molar-refractivity contribution is 5.39. The van der Waals surface area contributed by atoms with Gasteiger partial charge in [-0.2, -0.15) is 0 Å². The zero-order valence-electron chi connectivity index (χ0n) is 11.5. The molecule has 1 aromatic carbocycles. The standard InChI is InChI=1S/C15H19N3O2/c1-2-13-16-14(10-15(20)17-13)18(8-9-19)11-12-6-4-3-5-7-12/h3-7,10,19H,2,8-9,11H2,1H3,(H,16,17,20). The summed E-state index contributed by atoms with van der Waals surface area (Å²) in [6.45, 7) is 3.01. The quantitative estimate of drug-likeness (QED) is 0.833. The van der Waals surface area contributed by atoms with Crippen LogP contribution in [0.25, 0.3) is 0 Å². The third-order valence-corrected chi connectivity index (χ3v) is 3.02. The van der Waals surface area contributed by atoms with E-state index in [0.717, 1.165) is 5.56 Å². The molecule has 0 amide bonds. The van der Waals surface area contributed by atoms with Gasteiger partial charge in [-0.1, -0.05) is 37.3 Å². The predicted octanol–water partition coefficient (Wildman–Crippen LogP) is 1.33. The molecule has 0 unspecified atom stereocenters. The molecule has 106 valence electrons. The van der Waals surface area contributed by atoms with Gasteiger partial charge in [0.2, 0.25) is 0 Å². The monoisotopic (exact) mass is 273 g/mol. The normalized spacial score (nSPS) is 10.5. The van der Waals surface area contributed by atoms with Crippen molar-refractivity contribution in [2.75, 3.05) is 18.1 Å². The molecule has 0 aliphatic rings. The van der Waals surface area contributed by atoms with Gasteiger partial charge in [0.15, 0.2) is 0 Å². The molecular formula is C15H19N3O2. The van der Waals surface area contributed by atoms with Gasteiger partial charge >= 0.3 is 0 Å². The maximum absolute atomic E-state index is 11.6. The first-order valence-electron chi connectivity index (χ1n) is 6.73. The lowest BCUT2D eigenvalue weighted by molar-refractivity contribution is 0.301. The van der Waals surface area contributed by atoms with Gasteiger partial charge in [0.25, 0.3) is 5.56 Å². The smallest absolute Gasteiger partial charge is 0.252 e. The highest BCUT2D eigenvalue weighted by Crippen LogP contribution is 2.12. The van der Waals surface area contributed by atoms with Crippen molar-refractivity contribution in [2.45, 2.75) is 19.9 Å². The van der Waals surface area contributed by atoms with Crippen LogP contribution in [-0.2, 0) is 13.0 Å². The summed E-state index contributed by atoms with van der Waals surface area (Å²) in [7, 11) is 0. The SMILES string of the molecule is CCc1nc(N(CCO)Cc2ccccc2)cc(=O)[nH]1. The first-order chi connectivity index (χ1) is 9.72. The van der Waals surface area contributed by atoms with E-state index in [-0.39, 0.29) is 12.2 Å². The van der Waals surface area contributed by atoms with Gasteiger partial charge in [-0.3, -0.25) is 4.79 Å². The number of aromatic nitrogens is 2. The molecule has 2 aromatic rings. The number of rotatable bonds is 6. The number of hydrogen-bond acceptors (Lipinski definition) is 4. The minimum Gasteiger partial charge on any atom is -0.395 e. The lowest BCUT2D eigenvalue weighted by Gasteiger charge is -2.23. The number of aliphatic hydroxyl groups excluding tert-OH is 1. The highest BCUT2D eigenvalue weighted by atomic mass is 16.3. The van der Waals surface area contributed by atoms with E-state index in [2.05, 4.69) is 9.97 Å². The number of benzene rings is 1. The first-order valence-corrected chi connectivity index (χ1v) is 6.73. The molecule has 2 N–H and O–H groups in total. The average molecular weight is 273 g/mol. The number of aromatic amines is 1.